The van der Waals surface area contributed by atoms with Crippen LogP contribution >= 0.6 is 27.5 Å². The third-order valence-electron chi connectivity index (χ3n) is 2.84. The quantitative estimate of drug-likeness (QED) is 0.636. The van der Waals surface area contributed by atoms with E-state index in [2.05, 4.69) is 26.3 Å². The zero-order chi connectivity index (χ0) is 14.5. The number of benzene rings is 1. The van der Waals surface area contributed by atoms with E-state index in [-0.39, 0.29) is 6.04 Å². The van der Waals surface area contributed by atoms with Gasteiger partial charge in [-0.1, -0.05) is 23.7 Å². The molecule has 4 nitrogen and oxygen atoms in total. The van der Waals surface area contributed by atoms with Crippen molar-refractivity contribution in [2.75, 3.05) is 6.61 Å². The zero-order valence-corrected chi connectivity index (χ0v) is 13.3. The van der Waals surface area contributed by atoms with Crippen LogP contribution in [-0.4, -0.2) is 11.6 Å². The minimum absolute atomic E-state index is 0.257. The number of halogens is 2. The van der Waals surface area contributed by atoms with Gasteiger partial charge in [0, 0.05) is 10.7 Å². The monoisotopic (exact) mass is 355 g/mol. The third kappa shape index (κ3) is 3.30. The maximum atomic E-state index is 6.32. The molecule has 0 fully saturated rings. The van der Waals surface area contributed by atoms with Gasteiger partial charge in [0.15, 0.2) is 0 Å². The molecule has 0 aliphatic carbocycles. The molecule has 3 N–H and O–H groups in total. The predicted molar refractivity (Wildman–Crippen MR) is 83.7 cm³/mol. The molecule has 0 saturated carbocycles. The highest BCUT2D eigenvalue weighted by Crippen LogP contribution is 2.33. The molecule has 1 aromatic carbocycles. The number of nitrogens with zero attached hydrogens (tertiary/aromatic N) is 1. The molecule has 1 aromatic heterocycles. The van der Waals surface area contributed by atoms with Gasteiger partial charge in [-0.15, -0.1) is 0 Å². The lowest BCUT2D eigenvalue weighted by atomic mass is 10.0. The standard InChI is InChI=1S/C14H15BrClN3O/c1-2-20-10-6-9(7-18-8-10)14(19-17)11-4-3-5-12(15)13(11)16/h3-8,14,19H,2,17H2,1H3. The summed E-state index contributed by atoms with van der Waals surface area (Å²) in [6.07, 6.45) is 3.41. The molecule has 0 saturated heterocycles. The second kappa shape index (κ2) is 7.04. The first kappa shape index (κ1) is 15.3. The molecular formula is C14H15BrClN3O. The Morgan fingerprint density at radius 1 is 1.45 bits per heavy atom. The summed E-state index contributed by atoms with van der Waals surface area (Å²) >= 11 is 9.74. The van der Waals surface area contributed by atoms with Gasteiger partial charge in [0.25, 0.3) is 0 Å². The fourth-order valence-electron chi connectivity index (χ4n) is 1.95. The van der Waals surface area contributed by atoms with Gasteiger partial charge in [0.05, 0.1) is 23.9 Å². The highest BCUT2D eigenvalue weighted by molar-refractivity contribution is 9.10. The van der Waals surface area contributed by atoms with Crippen LogP contribution in [0.3, 0.4) is 0 Å². The van der Waals surface area contributed by atoms with Crippen molar-refractivity contribution in [2.45, 2.75) is 13.0 Å². The van der Waals surface area contributed by atoms with Crippen molar-refractivity contribution in [1.29, 1.82) is 0 Å². The van der Waals surface area contributed by atoms with Gasteiger partial charge in [-0.2, -0.15) is 0 Å². The molecule has 0 radical (unpaired) electrons. The second-order valence-electron chi connectivity index (χ2n) is 4.13. The summed E-state index contributed by atoms with van der Waals surface area (Å²) in [6.45, 7) is 2.51. The lowest BCUT2D eigenvalue weighted by molar-refractivity contribution is 0.338. The summed E-state index contributed by atoms with van der Waals surface area (Å²) in [4.78, 5) is 4.17. The summed E-state index contributed by atoms with van der Waals surface area (Å²) < 4.78 is 6.28. The molecular weight excluding hydrogens is 342 g/mol. The average Bonchev–Trinajstić information content (AvgIpc) is 2.45. The molecule has 2 rings (SSSR count). The Hall–Kier alpha value is -1.14. The first-order valence-corrected chi connectivity index (χ1v) is 7.32. The Kier molecular flexibility index (Phi) is 5.37. The van der Waals surface area contributed by atoms with Gasteiger partial charge >= 0.3 is 0 Å². The molecule has 6 heteroatoms. The lowest BCUT2D eigenvalue weighted by Gasteiger charge is -2.19. The normalized spacial score (nSPS) is 12.2. The molecule has 106 valence electrons. The van der Waals surface area contributed by atoms with Crippen molar-refractivity contribution < 1.29 is 4.74 Å². The van der Waals surface area contributed by atoms with Crippen LogP contribution in [0.1, 0.15) is 24.1 Å². The highest BCUT2D eigenvalue weighted by atomic mass is 79.9. The van der Waals surface area contributed by atoms with Crippen LogP contribution < -0.4 is 16.0 Å². The number of aromatic nitrogens is 1. The zero-order valence-electron chi connectivity index (χ0n) is 10.9. The first-order valence-electron chi connectivity index (χ1n) is 6.15. The molecule has 1 atom stereocenters. The number of nitrogens with one attached hydrogen (secondary N) is 1. The largest absolute Gasteiger partial charge is 0.492 e. The van der Waals surface area contributed by atoms with Crippen LogP contribution in [0.4, 0.5) is 0 Å². The Balaban J connectivity index is 2.41. The maximum absolute atomic E-state index is 6.32. The molecule has 0 aliphatic heterocycles. The predicted octanol–water partition coefficient (Wildman–Crippen LogP) is 3.45. The van der Waals surface area contributed by atoms with E-state index in [4.69, 9.17) is 22.2 Å². The molecule has 1 heterocycles. The first-order chi connectivity index (χ1) is 9.67. The summed E-state index contributed by atoms with van der Waals surface area (Å²) in [5.41, 5.74) is 4.53. The third-order valence-corrected chi connectivity index (χ3v) is 4.15. The number of nitrogens with two attached hydrogens (primary N) is 1. The van der Waals surface area contributed by atoms with Crippen molar-refractivity contribution in [2.24, 2.45) is 5.84 Å². The van der Waals surface area contributed by atoms with Crippen LogP contribution in [0.5, 0.6) is 5.75 Å². The van der Waals surface area contributed by atoms with Crippen molar-refractivity contribution in [1.82, 2.24) is 10.4 Å². The maximum Gasteiger partial charge on any atom is 0.137 e. The molecule has 20 heavy (non-hydrogen) atoms. The van der Waals surface area contributed by atoms with E-state index in [1.54, 1.807) is 12.4 Å². The van der Waals surface area contributed by atoms with E-state index < -0.39 is 0 Å². The lowest BCUT2D eigenvalue weighted by Crippen LogP contribution is -2.29. The van der Waals surface area contributed by atoms with Gasteiger partial charge in [0.2, 0.25) is 0 Å². The van der Waals surface area contributed by atoms with Crippen LogP contribution in [0.2, 0.25) is 5.02 Å². The summed E-state index contributed by atoms with van der Waals surface area (Å²) in [6, 6.07) is 7.36. The van der Waals surface area contributed by atoms with Gasteiger partial charge < -0.3 is 4.74 Å². The van der Waals surface area contributed by atoms with Crippen molar-refractivity contribution in [3.63, 3.8) is 0 Å². The smallest absolute Gasteiger partial charge is 0.137 e. The molecule has 2 aromatic rings. The van der Waals surface area contributed by atoms with E-state index >= 15 is 0 Å². The average molecular weight is 357 g/mol. The fourth-order valence-corrected chi connectivity index (χ4v) is 2.56. The van der Waals surface area contributed by atoms with E-state index in [1.807, 2.05) is 31.2 Å². The number of pyridine rings is 1. The molecule has 1 unspecified atom stereocenters. The Bertz CT molecular complexity index is 594. The Morgan fingerprint density at radius 2 is 2.25 bits per heavy atom. The van der Waals surface area contributed by atoms with Crippen LogP contribution in [0, 0.1) is 0 Å². The molecule has 0 bridgehead atoms. The van der Waals surface area contributed by atoms with Gasteiger partial charge in [-0.25, -0.2) is 5.43 Å². The second-order valence-corrected chi connectivity index (χ2v) is 5.36. The highest BCUT2D eigenvalue weighted by Gasteiger charge is 2.17. The number of hydrazine groups is 1. The fraction of sp³-hybridized carbons (Fsp3) is 0.214. The number of ether oxygens (including phenoxy) is 1. The Labute approximate surface area is 131 Å². The SMILES string of the molecule is CCOc1cncc(C(NN)c2cccc(Br)c2Cl)c1. The molecule has 0 aliphatic rings. The topological polar surface area (TPSA) is 60.2 Å². The molecule has 0 spiro atoms. The summed E-state index contributed by atoms with van der Waals surface area (Å²) in [5, 5.41) is 0.622. The summed E-state index contributed by atoms with van der Waals surface area (Å²) in [5.74, 6) is 6.39. The Morgan fingerprint density at radius 3 is 2.95 bits per heavy atom. The van der Waals surface area contributed by atoms with Crippen molar-refractivity contribution in [3.8, 4) is 5.75 Å². The number of hydrogen-bond acceptors (Lipinski definition) is 4. The number of hydrogen-bond donors (Lipinski definition) is 2. The van der Waals surface area contributed by atoms with E-state index in [9.17, 15) is 0 Å². The van der Waals surface area contributed by atoms with Crippen LogP contribution in [0.25, 0.3) is 0 Å². The molecule has 0 amide bonds. The minimum Gasteiger partial charge on any atom is -0.492 e. The van der Waals surface area contributed by atoms with Crippen LogP contribution in [0.15, 0.2) is 41.1 Å². The van der Waals surface area contributed by atoms with Crippen LogP contribution in [-0.2, 0) is 0 Å². The van der Waals surface area contributed by atoms with Gasteiger partial charge in [0.1, 0.15) is 5.75 Å². The van der Waals surface area contributed by atoms with E-state index in [0.29, 0.717) is 17.4 Å². The minimum atomic E-state index is -0.257. The van der Waals surface area contributed by atoms with Crippen molar-refractivity contribution >= 4 is 27.5 Å². The van der Waals surface area contributed by atoms with E-state index in [0.717, 1.165) is 15.6 Å². The van der Waals surface area contributed by atoms with E-state index in [1.165, 1.54) is 0 Å². The van der Waals surface area contributed by atoms with Gasteiger partial charge in [-0.3, -0.25) is 10.8 Å². The number of rotatable bonds is 5. The van der Waals surface area contributed by atoms with Crippen molar-refractivity contribution in [3.05, 3.63) is 57.3 Å². The summed E-state index contributed by atoms with van der Waals surface area (Å²) in [7, 11) is 0. The van der Waals surface area contributed by atoms with Gasteiger partial charge in [-0.05, 0) is 46.1 Å².